The van der Waals surface area contributed by atoms with E-state index in [0.29, 0.717) is 12.6 Å². The third-order valence-electron chi connectivity index (χ3n) is 2.71. The van der Waals surface area contributed by atoms with Crippen LogP contribution in [0.3, 0.4) is 0 Å². The normalized spacial score (nSPS) is 10.4. The van der Waals surface area contributed by atoms with Crippen LogP contribution in [0, 0.1) is 20.8 Å². The first kappa shape index (κ1) is 12.5. The average Bonchev–Trinajstić information content (AvgIpc) is 2.35. The van der Waals surface area contributed by atoms with Crippen LogP contribution in [0.25, 0.3) is 0 Å². The van der Waals surface area contributed by atoms with Gasteiger partial charge in [-0.05, 0) is 43.0 Å². The van der Waals surface area contributed by atoms with Crippen molar-refractivity contribution in [3.63, 3.8) is 0 Å². The van der Waals surface area contributed by atoms with Crippen molar-refractivity contribution in [3.05, 3.63) is 46.8 Å². The van der Waals surface area contributed by atoms with Gasteiger partial charge in [0, 0.05) is 18.9 Å². The minimum absolute atomic E-state index is 0.368. The largest absolute Gasteiger partial charge is 0.424 e. The van der Waals surface area contributed by atoms with E-state index in [2.05, 4.69) is 9.97 Å². The minimum Gasteiger partial charge on any atom is -0.424 e. The predicted octanol–water partition coefficient (Wildman–Crippen LogP) is 2.65. The van der Waals surface area contributed by atoms with Gasteiger partial charge in [0.05, 0.1) is 0 Å². The van der Waals surface area contributed by atoms with E-state index >= 15 is 0 Å². The van der Waals surface area contributed by atoms with E-state index in [-0.39, 0.29) is 0 Å². The van der Waals surface area contributed by atoms with Gasteiger partial charge in [0.2, 0.25) is 0 Å². The van der Waals surface area contributed by atoms with E-state index < -0.39 is 0 Å². The molecule has 2 aromatic rings. The summed E-state index contributed by atoms with van der Waals surface area (Å²) in [5, 5.41) is 0. The van der Waals surface area contributed by atoms with Gasteiger partial charge >= 0.3 is 6.01 Å². The van der Waals surface area contributed by atoms with Crippen molar-refractivity contribution in [2.45, 2.75) is 27.3 Å². The maximum absolute atomic E-state index is 5.73. The summed E-state index contributed by atoms with van der Waals surface area (Å²) in [6, 6.07) is 4.42. The first-order chi connectivity index (χ1) is 8.60. The summed E-state index contributed by atoms with van der Waals surface area (Å²) in [7, 11) is 0. The zero-order valence-corrected chi connectivity index (χ0v) is 10.9. The van der Waals surface area contributed by atoms with Crippen LogP contribution >= 0.6 is 0 Å². The standard InChI is InChI=1S/C14H17N3O/c1-9-7-16-14(17-8-9)18-13-10(2)4-12(6-15)5-11(13)3/h4-5,7-8H,6,15H2,1-3H3. The lowest BCUT2D eigenvalue weighted by atomic mass is 10.1. The summed E-state index contributed by atoms with van der Waals surface area (Å²) in [4.78, 5) is 8.28. The molecule has 18 heavy (non-hydrogen) atoms. The van der Waals surface area contributed by atoms with Gasteiger partial charge in [0.25, 0.3) is 0 Å². The lowest BCUT2D eigenvalue weighted by Crippen LogP contribution is -2.00. The molecule has 1 heterocycles. The van der Waals surface area contributed by atoms with Crippen molar-refractivity contribution in [2.24, 2.45) is 5.73 Å². The highest BCUT2D eigenvalue weighted by molar-refractivity contribution is 5.44. The molecule has 0 saturated carbocycles. The monoisotopic (exact) mass is 243 g/mol. The number of nitrogens with zero attached hydrogens (tertiary/aromatic N) is 2. The molecule has 2 rings (SSSR count). The molecule has 4 nitrogen and oxygen atoms in total. The Bertz CT molecular complexity index is 526. The maximum atomic E-state index is 5.73. The minimum atomic E-state index is 0.368. The Morgan fingerprint density at radius 1 is 1.06 bits per heavy atom. The average molecular weight is 243 g/mol. The Kier molecular flexibility index (Phi) is 3.58. The summed E-state index contributed by atoms with van der Waals surface area (Å²) in [5.74, 6) is 0.802. The Morgan fingerprint density at radius 3 is 2.11 bits per heavy atom. The molecule has 2 N–H and O–H groups in total. The van der Waals surface area contributed by atoms with Crippen molar-refractivity contribution in [1.82, 2.24) is 9.97 Å². The Hall–Kier alpha value is -1.94. The van der Waals surface area contributed by atoms with Crippen molar-refractivity contribution in [2.75, 3.05) is 0 Å². The number of aromatic nitrogens is 2. The van der Waals surface area contributed by atoms with Crippen LogP contribution in [-0.4, -0.2) is 9.97 Å². The summed E-state index contributed by atoms with van der Waals surface area (Å²) in [6.07, 6.45) is 3.47. The van der Waals surface area contributed by atoms with Crippen molar-refractivity contribution < 1.29 is 4.74 Å². The molecule has 4 heteroatoms. The molecule has 0 atom stereocenters. The zero-order chi connectivity index (χ0) is 13.1. The molecule has 0 spiro atoms. The van der Waals surface area contributed by atoms with Gasteiger partial charge in [0.1, 0.15) is 5.75 Å². The maximum Gasteiger partial charge on any atom is 0.321 e. The van der Waals surface area contributed by atoms with Crippen LogP contribution in [0.5, 0.6) is 11.8 Å². The molecule has 0 aliphatic heterocycles. The molecule has 1 aromatic carbocycles. The van der Waals surface area contributed by atoms with Gasteiger partial charge in [-0.1, -0.05) is 12.1 Å². The van der Waals surface area contributed by atoms with Gasteiger partial charge in [-0.25, -0.2) is 9.97 Å². The Labute approximate surface area is 107 Å². The smallest absolute Gasteiger partial charge is 0.321 e. The molecule has 0 fully saturated rings. The third kappa shape index (κ3) is 2.65. The number of hydrogen-bond acceptors (Lipinski definition) is 4. The van der Waals surface area contributed by atoms with Crippen molar-refractivity contribution in [1.29, 1.82) is 0 Å². The number of aryl methyl sites for hydroxylation is 3. The first-order valence-electron chi connectivity index (χ1n) is 5.87. The first-order valence-corrected chi connectivity index (χ1v) is 5.87. The number of ether oxygens (including phenoxy) is 1. The molecule has 0 bridgehead atoms. The Balaban J connectivity index is 2.31. The third-order valence-corrected chi connectivity index (χ3v) is 2.71. The molecular weight excluding hydrogens is 226 g/mol. The van der Waals surface area contributed by atoms with Gasteiger partial charge < -0.3 is 10.5 Å². The molecule has 0 radical (unpaired) electrons. The fourth-order valence-electron chi connectivity index (χ4n) is 1.84. The molecule has 94 valence electrons. The van der Waals surface area contributed by atoms with E-state index in [4.69, 9.17) is 10.5 Å². The highest BCUT2D eigenvalue weighted by Crippen LogP contribution is 2.27. The SMILES string of the molecule is Cc1cnc(Oc2c(C)cc(CN)cc2C)nc1. The molecule has 0 amide bonds. The molecule has 0 aliphatic carbocycles. The van der Waals surface area contributed by atoms with Crippen LogP contribution in [-0.2, 0) is 6.54 Å². The van der Waals surface area contributed by atoms with Crippen molar-refractivity contribution in [3.8, 4) is 11.8 Å². The van der Waals surface area contributed by atoms with Crippen LogP contribution in [0.2, 0.25) is 0 Å². The fourth-order valence-corrected chi connectivity index (χ4v) is 1.84. The number of benzene rings is 1. The summed E-state index contributed by atoms with van der Waals surface area (Å²) in [5.41, 5.74) is 9.83. The molecule has 0 saturated heterocycles. The van der Waals surface area contributed by atoms with E-state index in [1.807, 2.05) is 32.9 Å². The molecule has 0 unspecified atom stereocenters. The summed E-state index contributed by atoms with van der Waals surface area (Å²) < 4.78 is 5.73. The van der Waals surface area contributed by atoms with E-state index in [1.54, 1.807) is 12.4 Å². The molecule has 0 aliphatic rings. The zero-order valence-electron chi connectivity index (χ0n) is 10.9. The fraction of sp³-hybridized carbons (Fsp3) is 0.286. The second-order valence-electron chi connectivity index (χ2n) is 4.41. The number of hydrogen-bond donors (Lipinski definition) is 1. The second-order valence-corrected chi connectivity index (χ2v) is 4.41. The highest BCUT2D eigenvalue weighted by atomic mass is 16.5. The van der Waals surface area contributed by atoms with Gasteiger partial charge in [-0.3, -0.25) is 0 Å². The lowest BCUT2D eigenvalue weighted by Gasteiger charge is -2.11. The lowest BCUT2D eigenvalue weighted by molar-refractivity contribution is 0.435. The summed E-state index contributed by atoms with van der Waals surface area (Å²) in [6.45, 7) is 6.46. The van der Waals surface area contributed by atoms with Crippen LogP contribution in [0.4, 0.5) is 0 Å². The van der Waals surface area contributed by atoms with E-state index in [1.165, 1.54) is 0 Å². The quantitative estimate of drug-likeness (QED) is 0.900. The van der Waals surface area contributed by atoms with E-state index in [0.717, 1.165) is 28.0 Å². The second kappa shape index (κ2) is 5.14. The molecule has 1 aromatic heterocycles. The molecular formula is C14H17N3O. The predicted molar refractivity (Wildman–Crippen MR) is 70.7 cm³/mol. The topological polar surface area (TPSA) is 61.0 Å². The number of rotatable bonds is 3. The van der Waals surface area contributed by atoms with Crippen LogP contribution in [0.15, 0.2) is 24.5 Å². The highest BCUT2D eigenvalue weighted by Gasteiger charge is 2.08. The van der Waals surface area contributed by atoms with E-state index in [9.17, 15) is 0 Å². The number of nitrogens with two attached hydrogens (primary N) is 1. The van der Waals surface area contributed by atoms with Crippen LogP contribution < -0.4 is 10.5 Å². The van der Waals surface area contributed by atoms with Gasteiger partial charge in [-0.15, -0.1) is 0 Å². The van der Waals surface area contributed by atoms with Gasteiger partial charge in [-0.2, -0.15) is 0 Å². The summed E-state index contributed by atoms with van der Waals surface area (Å²) >= 11 is 0. The van der Waals surface area contributed by atoms with Gasteiger partial charge in [0.15, 0.2) is 0 Å². The van der Waals surface area contributed by atoms with Crippen LogP contribution in [0.1, 0.15) is 22.3 Å². The van der Waals surface area contributed by atoms with Crippen molar-refractivity contribution >= 4 is 0 Å². The Morgan fingerprint density at radius 2 is 1.61 bits per heavy atom.